The predicted molar refractivity (Wildman–Crippen MR) is 111 cm³/mol. The van der Waals surface area contributed by atoms with Crippen LogP contribution < -0.4 is 0 Å². The van der Waals surface area contributed by atoms with Crippen molar-refractivity contribution in [3.05, 3.63) is 84.1 Å². The second-order valence-corrected chi connectivity index (χ2v) is 7.41. The van der Waals surface area contributed by atoms with Crippen LogP contribution in [0.15, 0.2) is 72.8 Å². The number of nitrogens with zero attached hydrogens (tertiary/aromatic N) is 1. The smallest absolute Gasteiger partial charge is 0.223 e. The van der Waals surface area contributed by atoms with Crippen molar-refractivity contribution >= 4 is 5.91 Å². The Morgan fingerprint density at radius 3 is 2.46 bits per heavy atom. The van der Waals surface area contributed by atoms with E-state index in [1.165, 1.54) is 0 Å². The highest BCUT2D eigenvalue weighted by Gasteiger charge is 2.29. The molecule has 1 fully saturated rings. The van der Waals surface area contributed by atoms with Gasteiger partial charge in [0.15, 0.2) is 0 Å². The minimum atomic E-state index is -0.0518. The Labute approximate surface area is 166 Å². The van der Waals surface area contributed by atoms with Crippen LogP contribution in [0.25, 0.3) is 11.3 Å². The third-order valence-corrected chi connectivity index (χ3v) is 5.22. The van der Waals surface area contributed by atoms with E-state index in [1.54, 1.807) is 0 Å². The number of aryl methyl sites for hydroxylation is 1. The highest BCUT2D eigenvalue weighted by atomic mass is 16.5. The van der Waals surface area contributed by atoms with E-state index in [0.29, 0.717) is 25.9 Å². The van der Waals surface area contributed by atoms with Crippen LogP contribution in [0, 0.1) is 0 Å². The molecule has 1 N–H and O–H groups in total. The van der Waals surface area contributed by atoms with Crippen molar-refractivity contribution in [2.45, 2.75) is 32.0 Å². The molecule has 0 unspecified atom stereocenters. The Bertz CT molecular complexity index is 905. The van der Waals surface area contributed by atoms with Gasteiger partial charge in [-0.25, -0.2) is 0 Å². The van der Waals surface area contributed by atoms with Crippen LogP contribution >= 0.6 is 0 Å². The lowest BCUT2D eigenvalue weighted by Crippen LogP contribution is -2.46. The molecule has 2 aromatic carbocycles. The van der Waals surface area contributed by atoms with Crippen molar-refractivity contribution in [1.29, 1.82) is 0 Å². The minimum absolute atomic E-state index is 0.0399. The van der Waals surface area contributed by atoms with E-state index in [9.17, 15) is 4.79 Å². The molecule has 0 spiro atoms. The predicted octanol–water partition coefficient (Wildman–Crippen LogP) is 4.60. The van der Waals surface area contributed by atoms with E-state index in [0.717, 1.165) is 22.5 Å². The van der Waals surface area contributed by atoms with E-state index in [4.69, 9.17) is 4.74 Å². The maximum absolute atomic E-state index is 12.8. The number of hydrogen-bond acceptors (Lipinski definition) is 2. The van der Waals surface area contributed by atoms with Crippen molar-refractivity contribution in [1.82, 2.24) is 9.88 Å². The number of nitrogens with one attached hydrogen (secondary N) is 1. The zero-order chi connectivity index (χ0) is 19.3. The lowest BCUT2D eigenvalue weighted by Gasteiger charge is -2.37. The third kappa shape index (κ3) is 4.34. The quantitative estimate of drug-likeness (QED) is 0.709. The summed E-state index contributed by atoms with van der Waals surface area (Å²) in [5.41, 5.74) is 4.47. The first-order chi connectivity index (χ1) is 13.7. The highest BCUT2D eigenvalue weighted by Crippen LogP contribution is 2.26. The van der Waals surface area contributed by atoms with Crippen molar-refractivity contribution in [2.24, 2.45) is 0 Å². The molecule has 0 bridgehead atoms. The Hall–Kier alpha value is -2.85. The second kappa shape index (κ2) is 8.44. The molecular formula is C24H26N2O2. The van der Waals surface area contributed by atoms with Crippen LogP contribution in [0.2, 0.25) is 0 Å². The topological polar surface area (TPSA) is 45.3 Å². The van der Waals surface area contributed by atoms with Gasteiger partial charge in [-0.2, -0.15) is 0 Å². The fraction of sp³-hybridized carbons (Fsp3) is 0.292. The van der Waals surface area contributed by atoms with E-state index >= 15 is 0 Å². The lowest BCUT2D eigenvalue weighted by atomic mass is 10.1. The molecule has 4 rings (SSSR count). The average Bonchev–Trinajstić information content (AvgIpc) is 3.22. The summed E-state index contributed by atoms with van der Waals surface area (Å²) in [7, 11) is 0. The molecule has 0 saturated carbocycles. The zero-order valence-corrected chi connectivity index (χ0v) is 16.2. The van der Waals surface area contributed by atoms with Gasteiger partial charge in [0.05, 0.1) is 12.6 Å². The summed E-state index contributed by atoms with van der Waals surface area (Å²) in [6.45, 7) is 3.31. The molecule has 144 valence electrons. The summed E-state index contributed by atoms with van der Waals surface area (Å²) in [6, 6.07) is 24.5. The summed E-state index contributed by atoms with van der Waals surface area (Å²) >= 11 is 0. The van der Waals surface area contributed by atoms with E-state index < -0.39 is 0 Å². The van der Waals surface area contributed by atoms with Gasteiger partial charge in [-0.15, -0.1) is 0 Å². The molecule has 0 aliphatic carbocycles. The maximum Gasteiger partial charge on any atom is 0.223 e. The first-order valence-corrected chi connectivity index (χ1v) is 9.90. The molecule has 1 aromatic heterocycles. The van der Waals surface area contributed by atoms with Gasteiger partial charge in [0, 0.05) is 24.4 Å². The molecule has 2 atom stereocenters. The van der Waals surface area contributed by atoms with E-state index in [2.05, 4.69) is 41.4 Å². The Morgan fingerprint density at radius 1 is 1.00 bits per heavy atom. The van der Waals surface area contributed by atoms with Gasteiger partial charge in [-0.05, 0) is 36.6 Å². The number of ether oxygens (including phenoxy) is 1. The number of H-pyrrole nitrogens is 1. The Morgan fingerprint density at radius 2 is 1.71 bits per heavy atom. The largest absolute Gasteiger partial charge is 0.367 e. The maximum atomic E-state index is 12.8. The van der Waals surface area contributed by atoms with Gasteiger partial charge in [0.2, 0.25) is 5.91 Å². The number of benzene rings is 2. The number of aromatic nitrogens is 1. The van der Waals surface area contributed by atoms with Gasteiger partial charge in [-0.1, -0.05) is 60.7 Å². The van der Waals surface area contributed by atoms with Crippen LogP contribution in [0.1, 0.15) is 30.7 Å². The average molecular weight is 374 g/mol. The fourth-order valence-electron chi connectivity index (χ4n) is 3.78. The zero-order valence-electron chi connectivity index (χ0n) is 16.2. The number of amides is 1. The van der Waals surface area contributed by atoms with Crippen molar-refractivity contribution in [3.63, 3.8) is 0 Å². The van der Waals surface area contributed by atoms with Gasteiger partial charge in [-0.3, -0.25) is 4.79 Å². The molecule has 4 heteroatoms. The van der Waals surface area contributed by atoms with E-state index in [-0.39, 0.29) is 18.1 Å². The molecule has 3 aromatic rings. The third-order valence-electron chi connectivity index (χ3n) is 5.22. The molecule has 2 heterocycles. The summed E-state index contributed by atoms with van der Waals surface area (Å²) in [5.74, 6) is 0.187. The summed E-state index contributed by atoms with van der Waals surface area (Å²) in [5, 5.41) is 0. The Kier molecular flexibility index (Phi) is 5.58. The molecule has 1 saturated heterocycles. The molecular weight excluding hydrogens is 348 g/mol. The lowest BCUT2D eigenvalue weighted by molar-refractivity contribution is -0.144. The molecule has 1 amide bonds. The second-order valence-electron chi connectivity index (χ2n) is 7.41. The van der Waals surface area contributed by atoms with Crippen molar-refractivity contribution in [2.75, 3.05) is 13.1 Å². The molecule has 0 radical (unpaired) electrons. The number of carbonyl (C=O) groups is 1. The normalized spacial score (nSPS) is 19.5. The number of rotatable bonds is 5. The molecule has 1 aliphatic rings. The highest BCUT2D eigenvalue weighted by molar-refractivity contribution is 5.76. The molecule has 1 aliphatic heterocycles. The standard InChI is InChI=1S/C24H26N2O2/c1-18-16-26(17-23(28-18)20-10-6-3-7-11-20)24(27)15-13-21-12-14-22(25-21)19-8-4-2-5-9-19/h2-12,14,18,23,25H,13,15-17H2,1H3/t18-,23-/m0/s1. The Balaban J connectivity index is 1.36. The minimum Gasteiger partial charge on any atom is -0.367 e. The van der Waals surface area contributed by atoms with Crippen LogP contribution in [0.4, 0.5) is 0 Å². The van der Waals surface area contributed by atoms with Gasteiger partial charge in [0.1, 0.15) is 6.10 Å². The van der Waals surface area contributed by atoms with Crippen LogP contribution in [0.5, 0.6) is 0 Å². The molecule has 28 heavy (non-hydrogen) atoms. The van der Waals surface area contributed by atoms with Crippen LogP contribution in [-0.2, 0) is 16.0 Å². The summed E-state index contributed by atoms with van der Waals surface area (Å²) in [6.07, 6.45) is 1.21. The van der Waals surface area contributed by atoms with Crippen molar-refractivity contribution in [3.8, 4) is 11.3 Å². The number of morpholine rings is 1. The summed E-state index contributed by atoms with van der Waals surface area (Å²) < 4.78 is 6.07. The number of hydrogen-bond donors (Lipinski definition) is 1. The van der Waals surface area contributed by atoms with E-state index in [1.807, 2.05) is 48.2 Å². The van der Waals surface area contributed by atoms with Crippen LogP contribution in [0.3, 0.4) is 0 Å². The molecule has 4 nitrogen and oxygen atoms in total. The summed E-state index contributed by atoms with van der Waals surface area (Å²) in [4.78, 5) is 18.2. The fourth-order valence-corrected chi connectivity index (χ4v) is 3.78. The van der Waals surface area contributed by atoms with Crippen LogP contribution in [-0.4, -0.2) is 35.0 Å². The number of carbonyl (C=O) groups excluding carboxylic acids is 1. The first kappa shape index (κ1) is 18.5. The van der Waals surface area contributed by atoms with Gasteiger partial charge < -0.3 is 14.6 Å². The number of aromatic amines is 1. The van der Waals surface area contributed by atoms with Crippen molar-refractivity contribution < 1.29 is 9.53 Å². The van der Waals surface area contributed by atoms with Gasteiger partial charge in [0.25, 0.3) is 0 Å². The van der Waals surface area contributed by atoms with Gasteiger partial charge >= 0.3 is 0 Å². The first-order valence-electron chi connectivity index (χ1n) is 9.90. The monoisotopic (exact) mass is 374 g/mol. The SMILES string of the molecule is C[C@H]1CN(C(=O)CCc2ccc(-c3ccccc3)[nH]2)C[C@@H](c2ccccc2)O1.